The molecule has 2 unspecified atom stereocenters. The number of aromatic nitrogens is 1. The molecule has 2 heterocycles. The molecule has 0 bridgehead atoms. The van der Waals surface area contributed by atoms with Crippen LogP contribution in [-0.4, -0.2) is 16.5 Å². The number of aliphatic imine (C=N–C) groups is 2. The largest absolute Gasteiger partial charge is 0.258 e. The topological polar surface area (TPSA) is 37.6 Å². The number of pyridine rings is 1. The Morgan fingerprint density at radius 2 is 1.24 bits per heavy atom. The fourth-order valence-electron chi connectivity index (χ4n) is 9.28. The predicted octanol–water partition coefficient (Wildman–Crippen LogP) is 14.1. The van der Waals surface area contributed by atoms with Crippen LogP contribution >= 0.6 is 0 Å². The maximum atomic E-state index is 5.40. The molecule has 3 nitrogen and oxygen atoms in total. The summed E-state index contributed by atoms with van der Waals surface area (Å²) in [6.07, 6.45) is 9.20. The minimum absolute atomic E-state index is 0.0573. The Kier molecular flexibility index (Phi) is 8.40. The molecule has 0 N–H and O–H groups in total. The number of allylic oxidation sites excluding steroid dienone is 1. The summed E-state index contributed by atoms with van der Waals surface area (Å²) in [5.41, 5.74) is 13.2. The van der Waals surface area contributed by atoms with Crippen LogP contribution in [0.3, 0.4) is 0 Å². The second-order valence-electron chi connectivity index (χ2n) is 16.0. The number of benzene rings is 8. The van der Waals surface area contributed by atoms with E-state index in [1.807, 2.05) is 12.3 Å². The summed E-state index contributed by atoms with van der Waals surface area (Å²) in [6.45, 7) is 2.34. The lowest BCUT2D eigenvalue weighted by Crippen LogP contribution is -2.18. The lowest BCUT2D eigenvalue weighted by Gasteiger charge is -2.23. The molecule has 276 valence electrons. The molecule has 11 rings (SSSR count). The third-order valence-corrected chi connectivity index (χ3v) is 12.3. The summed E-state index contributed by atoms with van der Waals surface area (Å²) < 4.78 is 0. The maximum Gasteiger partial charge on any atom is 0.155 e. The quantitative estimate of drug-likeness (QED) is 0.156. The highest BCUT2D eigenvalue weighted by Gasteiger charge is 2.23. The van der Waals surface area contributed by atoms with Crippen LogP contribution in [0.2, 0.25) is 0 Å². The predicted molar refractivity (Wildman–Crippen MR) is 245 cm³/mol. The molecule has 0 saturated carbocycles. The van der Waals surface area contributed by atoms with E-state index >= 15 is 0 Å². The summed E-state index contributed by atoms with van der Waals surface area (Å²) >= 11 is 0. The fourth-order valence-corrected chi connectivity index (χ4v) is 9.28. The Hall–Kier alpha value is -6.97. The molecular weight excluding hydrogens is 703 g/mol. The summed E-state index contributed by atoms with van der Waals surface area (Å²) in [6, 6.07) is 59.5. The van der Waals surface area contributed by atoms with Crippen LogP contribution in [0.15, 0.2) is 186 Å². The number of para-hydroxylation sites is 1. The van der Waals surface area contributed by atoms with Crippen LogP contribution in [0.4, 0.5) is 0 Å². The second kappa shape index (κ2) is 14.2. The minimum Gasteiger partial charge on any atom is -0.258 e. The smallest absolute Gasteiger partial charge is 0.155 e. The number of fused-ring (bicyclic) bond motifs is 7. The summed E-state index contributed by atoms with van der Waals surface area (Å²) in [5.74, 6) is 1.28. The fraction of sp³-hybridized carbons (Fsp3) is 0.109. The average Bonchev–Trinajstić information content (AvgIpc) is 3.29. The number of rotatable bonds is 6. The van der Waals surface area contributed by atoms with Crippen LogP contribution in [0.1, 0.15) is 59.5 Å². The van der Waals surface area contributed by atoms with Gasteiger partial charge >= 0.3 is 0 Å². The van der Waals surface area contributed by atoms with Crippen LogP contribution in [-0.2, 0) is 6.42 Å². The van der Waals surface area contributed by atoms with Gasteiger partial charge in [-0.15, -0.1) is 0 Å². The molecule has 3 heteroatoms. The van der Waals surface area contributed by atoms with Gasteiger partial charge in [0.15, 0.2) is 5.84 Å². The number of hydrogen-bond acceptors (Lipinski definition) is 3. The zero-order valence-electron chi connectivity index (χ0n) is 32.4. The molecule has 0 spiro atoms. The molecule has 0 radical (unpaired) electrons. The molecule has 8 aromatic carbocycles. The first-order valence-electron chi connectivity index (χ1n) is 20.4. The molecule has 0 amide bonds. The van der Waals surface area contributed by atoms with Crippen molar-refractivity contribution in [3.8, 4) is 22.3 Å². The molecular formula is C55H41N3. The van der Waals surface area contributed by atoms with Crippen LogP contribution in [0.5, 0.6) is 0 Å². The van der Waals surface area contributed by atoms with Crippen molar-refractivity contribution in [1.29, 1.82) is 0 Å². The lowest BCUT2D eigenvalue weighted by molar-refractivity contribution is 0.747. The number of amidine groups is 1. The van der Waals surface area contributed by atoms with Gasteiger partial charge in [0.05, 0.1) is 11.6 Å². The molecule has 0 saturated heterocycles. The van der Waals surface area contributed by atoms with Crippen LogP contribution in [0.25, 0.3) is 71.6 Å². The second-order valence-corrected chi connectivity index (χ2v) is 16.0. The number of nitrogens with zero attached hydrogens (tertiary/aromatic N) is 3. The molecule has 1 aromatic heterocycles. The van der Waals surface area contributed by atoms with Crippen LogP contribution < -0.4 is 0 Å². The first kappa shape index (κ1) is 34.3. The molecule has 2 aliphatic rings. The Bertz CT molecular complexity index is 3150. The summed E-state index contributed by atoms with van der Waals surface area (Å²) in [7, 11) is 0. The SMILES string of the molecule is CC1CC=Cc2c1cc(-c1ccc(C3CC(Cc4cc5ccccc5c5ccccc45)=NC(c4ccc(-c5cnc6ccccc6c5)cc4)=N3)cc1)c1ccccc21. The zero-order valence-corrected chi connectivity index (χ0v) is 32.4. The third kappa shape index (κ3) is 6.11. The monoisotopic (exact) mass is 743 g/mol. The molecule has 58 heavy (non-hydrogen) atoms. The van der Waals surface area contributed by atoms with Crippen molar-refractivity contribution >= 4 is 60.8 Å². The average molecular weight is 744 g/mol. The molecule has 0 fully saturated rings. The van der Waals surface area contributed by atoms with Gasteiger partial charge in [0.2, 0.25) is 0 Å². The van der Waals surface area contributed by atoms with Crippen molar-refractivity contribution in [2.24, 2.45) is 9.98 Å². The van der Waals surface area contributed by atoms with Crippen molar-refractivity contribution in [2.45, 2.75) is 38.1 Å². The highest BCUT2D eigenvalue weighted by Crippen LogP contribution is 2.41. The van der Waals surface area contributed by atoms with E-state index < -0.39 is 0 Å². The Balaban J connectivity index is 0.977. The van der Waals surface area contributed by atoms with Gasteiger partial charge in [0.1, 0.15) is 0 Å². The van der Waals surface area contributed by atoms with Crippen molar-refractivity contribution < 1.29 is 0 Å². The highest BCUT2D eigenvalue weighted by molar-refractivity contribution is 6.13. The van der Waals surface area contributed by atoms with Crippen molar-refractivity contribution in [1.82, 2.24) is 4.98 Å². The first-order chi connectivity index (χ1) is 28.6. The van der Waals surface area contributed by atoms with Gasteiger partial charge < -0.3 is 0 Å². The number of hydrogen-bond donors (Lipinski definition) is 0. The molecule has 1 aliphatic carbocycles. The minimum atomic E-state index is -0.0573. The van der Waals surface area contributed by atoms with Crippen molar-refractivity contribution in [2.75, 3.05) is 0 Å². The van der Waals surface area contributed by atoms with Gasteiger partial charge in [-0.25, -0.2) is 4.99 Å². The Labute approximate surface area is 338 Å². The van der Waals surface area contributed by atoms with Gasteiger partial charge in [-0.1, -0.05) is 165 Å². The van der Waals surface area contributed by atoms with E-state index in [4.69, 9.17) is 15.0 Å². The maximum absolute atomic E-state index is 5.40. The van der Waals surface area contributed by atoms with Gasteiger partial charge in [0.25, 0.3) is 0 Å². The van der Waals surface area contributed by atoms with E-state index in [2.05, 4.69) is 177 Å². The van der Waals surface area contributed by atoms with Crippen molar-refractivity contribution in [3.05, 3.63) is 204 Å². The lowest BCUT2D eigenvalue weighted by atomic mass is 9.82. The van der Waals surface area contributed by atoms with Gasteiger partial charge in [0, 0.05) is 41.3 Å². The molecule has 1 aliphatic heterocycles. The zero-order chi connectivity index (χ0) is 38.6. The Morgan fingerprint density at radius 3 is 2.07 bits per heavy atom. The van der Waals surface area contributed by atoms with Gasteiger partial charge in [-0.2, -0.15) is 0 Å². The van der Waals surface area contributed by atoms with E-state index in [1.165, 1.54) is 65.7 Å². The molecule has 9 aromatic rings. The van der Waals surface area contributed by atoms with E-state index in [9.17, 15) is 0 Å². The van der Waals surface area contributed by atoms with E-state index in [0.717, 1.165) is 58.4 Å². The van der Waals surface area contributed by atoms with Crippen molar-refractivity contribution in [3.63, 3.8) is 0 Å². The third-order valence-electron chi connectivity index (χ3n) is 12.3. The summed E-state index contributed by atoms with van der Waals surface area (Å²) in [5, 5.41) is 8.87. The van der Waals surface area contributed by atoms with E-state index in [-0.39, 0.29) is 6.04 Å². The standard InChI is InChI=1S/C55H41N3/c1-35-11-10-19-49-48-17-7-8-18-50(48)52(33-51(35)49)37-23-25-38(26-24-37)54-32-44(31-42-29-40-12-2-4-14-45(40)47-16-6-5-15-46(42)47)57-55(58-54)39-27-21-36(22-28-39)43-30-41-13-3-9-20-53(41)56-34-43/h2-10,12-30,33-35,54H,11,31-32H2,1H3. The normalized spacial score (nSPS) is 16.4. The molecule has 2 atom stereocenters. The Morgan fingerprint density at radius 1 is 0.569 bits per heavy atom. The highest BCUT2D eigenvalue weighted by atomic mass is 15.0. The summed E-state index contributed by atoms with van der Waals surface area (Å²) in [4.78, 5) is 15.5. The van der Waals surface area contributed by atoms with E-state index in [1.54, 1.807) is 0 Å². The van der Waals surface area contributed by atoms with Crippen LogP contribution in [0, 0.1) is 0 Å². The first-order valence-corrected chi connectivity index (χ1v) is 20.4. The van der Waals surface area contributed by atoms with Gasteiger partial charge in [-0.05, 0) is 102 Å². The van der Waals surface area contributed by atoms with E-state index in [0.29, 0.717) is 5.92 Å². The van der Waals surface area contributed by atoms with Gasteiger partial charge in [-0.3, -0.25) is 9.98 Å².